The Bertz CT molecular complexity index is 1660. The summed E-state index contributed by atoms with van der Waals surface area (Å²) in [6, 6.07) is 6.23. The number of hydrogen-bond donors (Lipinski definition) is 1. The van der Waals surface area contributed by atoms with Crippen LogP contribution in [-0.4, -0.2) is 157 Å². The lowest BCUT2D eigenvalue weighted by Gasteiger charge is -2.48. The molecule has 0 unspecified atom stereocenters. The maximum atomic E-state index is 14.9. The Kier molecular flexibility index (Phi) is 16.6. The van der Waals surface area contributed by atoms with Crippen molar-refractivity contribution in [2.24, 2.45) is 23.7 Å². The zero-order valence-electron chi connectivity index (χ0n) is 38.0. The van der Waals surface area contributed by atoms with Crippen LogP contribution < -0.4 is 0 Å². The fraction of sp³-hybridized carbons (Fsp3) is 0.778. The molecule has 344 valence electrons. The average molecular weight is 881 g/mol. The van der Waals surface area contributed by atoms with Crippen molar-refractivity contribution in [1.29, 1.82) is 0 Å². The van der Waals surface area contributed by atoms with E-state index in [1.165, 1.54) is 12.0 Å². The number of amides is 2. The van der Waals surface area contributed by atoms with Crippen molar-refractivity contribution in [2.45, 2.75) is 148 Å². The Morgan fingerprint density at radius 3 is 2.28 bits per heavy atom. The summed E-state index contributed by atoms with van der Waals surface area (Å²) in [5.41, 5.74) is -1.78. The standard InChI is InChI=1S/C45H70ClN3O12/c1-12-34-45(9)38(49(43(54)61-45)19-18-31-14-16-32(46)17-15-31)28(5)35(50)26(3)25-44(8,55-11)39(60-41-36(51)33(47(10)13-2)24-27(4)57-41)29(6)37(30(7)40(52)58-34)59-42(53)48-20-22-56-23-21-48/h14-17,26-30,33-34,36-39,41,51H,12-13,18-25H2,1-11H3/t26-,27-,28-,29+,30-,33+,34-,36-,37+,38-,39-,41+,44+,45-/m1/s1. The number of methoxy groups -OCH3 is 1. The van der Waals surface area contributed by atoms with Gasteiger partial charge in [-0.2, -0.15) is 0 Å². The molecule has 1 aromatic rings. The number of Topliss-reactive ketones (excluding diaryl/α,β-unsaturated/α-hetero) is 1. The Morgan fingerprint density at radius 1 is 1.02 bits per heavy atom. The second-order valence-corrected chi connectivity index (χ2v) is 18.5. The second kappa shape index (κ2) is 20.6. The van der Waals surface area contributed by atoms with Crippen LogP contribution in [0.2, 0.25) is 5.02 Å². The van der Waals surface area contributed by atoms with Crippen molar-refractivity contribution in [3.63, 3.8) is 0 Å². The summed E-state index contributed by atoms with van der Waals surface area (Å²) in [6.45, 7) is 18.6. The van der Waals surface area contributed by atoms with E-state index >= 15 is 0 Å². The molecule has 15 nitrogen and oxygen atoms in total. The second-order valence-electron chi connectivity index (χ2n) is 18.0. The van der Waals surface area contributed by atoms with Crippen molar-refractivity contribution in [2.75, 3.05) is 53.6 Å². The normalized spacial score (nSPS) is 38.1. The van der Waals surface area contributed by atoms with Gasteiger partial charge in [0.1, 0.15) is 24.1 Å². The first-order valence-electron chi connectivity index (χ1n) is 22.1. The largest absolute Gasteiger partial charge is 0.458 e. The average Bonchev–Trinajstić information content (AvgIpc) is 3.51. The summed E-state index contributed by atoms with van der Waals surface area (Å²) >= 11 is 6.15. The topological polar surface area (TPSA) is 163 Å². The first kappa shape index (κ1) is 49.0. The Hall–Kier alpha value is -3.05. The molecule has 4 heterocycles. The van der Waals surface area contributed by atoms with Crippen LogP contribution in [0, 0.1) is 23.7 Å². The van der Waals surface area contributed by atoms with Crippen molar-refractivity contribution >= 4 is 35.5 Å². The molecule has 2 amide bonds. The zero-order chi connectivity index (χ0) is 45.0. The summed E-state index contributed by atoms with van der Waals surface area (Å²) in [4.78, 5) is 62.7. The highest BCUT2D eigenvalue weighted by molar-refractivity contribution is 6.30. The molecule has 5 rings (SSSR count). The molecule has 1 N–H and O–H groups in total. The van der Waals surface area contributed by atoms with Crippen molar-refractivity contribution < 1.29 is 57.4 Å². The molecule has 0 aromatic heterocycles. The molecular weight excluding hydrogens is 810 g/mol. The maximum absolute atomic E-state index is 14.9. The zero-order valence-corrected chi connectivity index (χ0v) is 38.7. The van der Waals surface area contributed by atoms with Crippen LogP contribution in [-0.2, 0) is 49.2 Å². The van der Waals surface area contributed by atoms with E-state index in [9.17, 15) is 24.3 Å². The molecule has 14 atom stereocenters. The summed E-state index contributed by atoms with van der Waals surface area (Å²) in [7, 11) is 3.46. The Balaban J connectivity index is 1.60. The molecule has 1 aromatic carbocycles. The Labute approximate surface area is 366 Å². The predicted octanol–water partition coefficient (Wildman–Crippen LogP) is 5.74. The highest BCUT2D eigenvalue weighted by Crippen LogP contribution is 2.44. The smallest absolute Gasteiger partial charge is 0.410 e. The van der Waals surface area contributed by atoms with Gasteiger partial charge in [0.25, 0.3) is 0 Å². The van der Waals surface area contributed by atoms with Crippen LogP contribution in [0.5, 0.6) is 0 Å². The van der Waals surface area contributed by atoms with Crippen LogP contribution in [0.3, 0.4) is 0 Å². The molecule has 61 heavy (non-hydrogen) atoms. The van der Waals surface area contributed by atoms with E-state index in [0.717, 1.165) is 5.56 Å². The molecule has 16 heteroatoms. The SMILES string of the molecule is CC[C@H]1OC(=O)[C@H](C)[C@@H](OC(=O)N2CCOCC2)[C@H](C)[C@@H](O[C@@H]2O[C@H](C)C[C@H](N(C)CC)[C@H]2O)[C@@](C)(OC)C[C@@H](C)C(=O)[C@@H](C)[C@H]2N(CCc3ccc(Cl)cc3)C(=O)O[C@]12C. The third-order valence-electron chi connectivity index (χ3n) is 13.8. The number of nitrogens with zero attached hydrogens (tertiary/aromatic N) is 3. The predicted molar refractivity (Wildman–Crippen MR) is 227 cm³/mol. The van der Waals surface area contributed by atoms with E-state index in [4.69, 9.17) is 44.8 Å². The van der Waals surface area contributed by atoms with E-state index in [1.54, 1.807) is 37.8 Å². The molecule has 4 aliphatic heterocycles. The number of halogens is 1. The highest BCUT2D eigenvalue weighted by Gasteiger charge is 2.60. The van der Waals surface area contributed by atoms with Gasteiger partial charge in [-0.05, 0) is 84.7 Å². The third kappa shape index (κ3) is 10.7. The molecule has 4 fully saturated rings. The lowest BCUT2D eigenvalue weighted by Crippen LogP contribution is -2.61. The van der Waals surface area contributed by atoms with Gasteiger partial charge in [-0.15, -0.1) is 0 Å². The molecule has 4 saturated heterocycles. The number of esters is 1. The number of fused-ring (bicyclic) bond motifs is 1. The highest BCUT2D eigenvalue weighted by atomic mass is 35.5. The first-order valence-corrected chi connectivity index (χ1v) is 22.4. The quantitative estimate of drug-likeness (QED) is 0.224. The molecule has 0 bridgehead atoms. The van der Waals surface area contributed by atoms with Crippen LogP contribution in [0.25, 0.3) is 0 Å². The fourth-order valence-corrected chi connectivity index (χ4v) is 10.2. The molecule has 0 aliphatic carbocycles. The van der Waals surface area contributed by atoms with Gasteiger partial charge < -0.3 is 48.1 Å². The van der Waals surface area contributed by atoms with Crippen LogP contribution in [0.15, 0.2) is 24.3 Å². The number of ether oxygens (including phenoxy) is 7. The first-order chi connectivity index (χ1) is 28.8. The lowest BCUT2D eigenvalue weighted by molar-refractivity contribution is -0.302. The van der Waals surface area contributed by atoms with E-state index < -0.39 is 89.8 Å². The van der Waals surface area contributed by atoms with Crippen molar-refractivity contribution in [3.8, 4) is 0 Å². The minimum atomic E-state index is -1.44. The van der Waals surface area contributed by atoms with Gasteiger partial charge in [0, 0.05) is 55.6 Å². The van der Waals surface area contributed by atoms with Gasteiger partial charge in [0.2, 0.25) is 0 Å². The van der Waals surface area contributed by atoms with E-state index in [2.05, 4.69) is 0 Å². The minimum Gasteiger partial charge on any atom is -0.458 e. The number of likely N-dealkylation sites (N-methyl/N-ethyl adjacent to an activating group) is 1. The van der Waals surface area contributed by atoms with Crippen molar-refractivity contribution in [1.82, 2.24) is 14.7 Å². The lowest BCUT2D eigenvalue weighted by atomic mass is 9.73. The number of cyclic esters (lactones) is 1. The molecule has 0 radical (unpaired) electrons. The summed E-state index contributed by atoms with van der Waals surface area (Å²) < 4.78 is 44.0. The summed E-state index contributed by atoms with van der Waals surface area (Å²) in [6.07, 6.45) is -5.48. The maximum Gasteiger partial charge on any atom is 0.410 e. The summed E-state index contributed by atoms with van der Waals surface area (Å²) in [5.74, 6) is -4.16. The van der Waals surface area contributed by atoms with E-state index in [-0.39, 0.29) is 37.3 Å². The third-order valence-corrected chi connectivity index (χ3v) is 14.1. The number of benzene rings is 1. The van der Waals surface area contributed by atoms with Gasteiger partial charge >= 0.3 is 18.2 Å². The molecule has 0 spiro atoms. The number of aliphatic hydroxyl groups is 1. The van der Waals surface area contributed by atoms with Gasteiger partial charge in [-0.1, -0.05) is 58.4 Å². The minimum absolute atomic E-state index is 0.127. The number of carbonyl (C=O) groups excluding carboxylic acids is 4. The number of hydrogen-bond acceptors (Lipinski definition) is 13. The number of ketones is 1. The molecule has 4 aliphatic rings. The van der Waals surface area contributed by atoms with Gasteiger partial charge in [-0.25, -0.2) is 9.59 Å². The van der Waals surface area contributed by atoms with Crippen LogP contribution in [0.4, 0.5) is 9.59 Å². The van der Waals surface area contributed by atoms with Crippen LogP contribution in [0.1, 0.15) is 87.1 Å². The van der Waals surface area contributed by atoms with E-state index in [0.29, 0.717) is 50.7 Å². The fourth-order valence-electron chi connectivity index (χ4n) is 10.1. The molecule has 0 saturated carbocycles. The van der Waals surface area contributed by atoms with Crippen molar-refractivity contribution in [3.05, 3.63) is 34.9 Å². The number of morpholine rings is 1. The monoisotopic (exact) mass is 879 g/mol. The summed E-state index contributed by atoms with van der Waals surface area (Å²) in [5, 5.41) is 12.4. The number of rotatable bonds is 10. The molecular formula is C45H70ClN3O12. The van der Waals surface area contributed by atoms with Gasteiger partial charge in [0.15, 0.2) is 11.9 Å². The Morgan fingerprint density at radius 2 is 1.67 bits per heavy atom. The van der Waals surface area contributed by atoms with E-state index in [1.807, 2.05) is 65.6 Å². The van der Waals surface area contributed by atoms with Crippen LogP contribution >= 0.6 is 11.6 Å². The van der Waals surface area contributed by atoms with Gasteiger partial charge in [-0.3, -0.25) is 14.5 Å². The number of carbonyl (C=O) groups is 4. The number of aliphatic hydroxyl groups excluding tert-OH is 1. The van der Waals surface area contributed by atoms with Gasteiger partial charge in [0.05, 0.1) is 43.0 Å².